The Morgan fingerprint density at radius 3 is 2.74 bits per heavy atom. The maximum atomic E-state index is 12.3. The fourth-order valence-corrected chi connectivity index (χ4v) is 4.12. The van der Waals surface area contributed by atoms with Gasteiger partial charge in [-0.05, 0) is 38.5 Å². The van der Waals surface area contributed by atoms with Crippen LogP contribution >= 0.6 is 0 Å². The highest BCUT2D eigenvalue weighted by Gasteiger charge is 2.65. The molecule has 3 aliphatic rings. The molecule has 2 aliphatic carbocycles. The minimum Gasteiger partial charge on any atom is -0.459 e. The van der Waals surface area contributed by atoms with Gasteiger partial charge in [0.25, 0.3) is 0 Å². The van der Waals surface area contributed by atoms with Crippen LogP contribution in [0, 0.1) is 29.1 Å². The predicted octanol–water partition coefficient (Wildman–Crippen LogP) is 1.95. The largest absolute Gasteiger partial charge is 0.459 e. The Hall–Kier alpha value is -0.610. The molecule has 0 aromatic heterocycles. The third kappa shape index (κ3) is 1.76. The molecule has 1 saturated heterocycles. The van der Waals surface area contributed by atoms with E-state index in [9.17, 15) is 9.90 Å². The number of aliphatic hydroxyl groups excluding tert-OH is 1. The Kier molecular flexibility index (Phi) is 2.95. The lowest BCUT2D eigenvalue weighted by molar-refractivity contribution is -0.174. The summed E-state index contributed by atoms with van der Waals surface area (Å²) in [5.41, 5.74) is -0.443. The summed E-state index contributed by atoms with van der Waals surface area (Å²) >= 11 is 0. The highest BCUT2D eigenvalue weighted by molar-refractivity contribution is 5.76. The molecular formula is C15H24O4. The van der Waals surface area contributed by atoms with Crippen molar-refractivity contribution in [3.8, 4) is 0 Å². The van der Waals surface area contributed by atoms with Crippen LogP contribution in [0.15, 0.2) is 0 Å². The maximum absolute atomic E-state index is 12.3. The molecule has 3 rings (SSSR count). The molecule has 0 amide bonds. The van der Waals surface area contributed by atoms with Gasteiger partial charge in [0.2, 0.25) is 0 Å². The molecule has 1 aliphatic heterocycles. The van der Waals surface area contributed by atoms with Crippen LogP contribution in [0.4, 0.5) is 0 Å². The minimum absolute atomic E-state index is 0.0854. The smallest absolute Gasteiger partial charge is 0.311 e. The van der Waals surface area contributed by atoms with Crippen LogP contribution in [-0.4, -0.2) is 29.6 Å². The number of esters is 1. The zero-order chi connectivity index (χ0) is 13.9. The van der Waals surface area contributed by atoms with Crippen LogP contribution in [0.2, 0.25) is 0 Å². The molecule has 0 aromatic rings. The van der Waals surface area contributed by atoms with Crippen molar-refractivity contribution in [1.29, 1.82) is 0 Å². The first-order chi connectivity index (χ1) is 8.86. The molecule has 3 fully saturated rings. The Balaban J connectivity index is 1.76. The van der Waals surface area contributed by atoms with E-state index in [-0.39, 0.29) is 24.1 Å². The highest BCUT2D eigenvalue weighted by Crippen LogP contribution is 2.59. The molecule has 1 N–H and O–H groups in total. The monoisotopic (exact) mass is 268 g/mol. The van der Waals surface area contributed by atoms with Crippen molar-refractivity contribution in [2.45, 2.75) is 59.0 Å². The summed E-state index contributed by atoms with van der Waals surface area (Å²) in [6.45, 7) is 7.98. The third-order valence-electron chi connectivity index (χ3n) is 5.79. The fraction of sp³-hybridized carbons (Fsp3) is 0.933. The second-order valence-corrected chi connectivity index (χ2v) is 7.10. The van der Waals surface area contributed by atoms with Crippen LogP contribution in [0.1, 0.15) is 40.5 Å². The zero-order valence-electron chi connectivity index (χ0n) is 12.1. The molecule has 1 heterocycles. The first-order valence-corrected chi connectivity index (χ1v) is 7.41. The van der Waals surface area contributed by atoms with E-state index in [0.717, 1.165) is 12.8 Å². The molecule has 108 valence electrons. The normalized spacial score (nSPS) is 47.7. The van der Waals surface area contributed by atoms with E-state index in [4.69, 9.17) is 9.47 Å². The van der Waals surface area contributed by atoms with Crippen molar-refractivity contribution in [2.24, 2.45) is 29.1 Å². The van der Waals surface area contributed by atoms with E-state index in [1.165, 1.54) is 0 Å². The Morgan fingerprint density at radius 2 is 2.11 bits per heavy atom. The lowest BCUT2D eigenvalue weighted by atomic mass is 9.79. The van der Waals surface area contributed by atoms with Gasteiger partial charge >= 0.3 is 5.97 Å². The molecule has 0 aromatic carbocycles. The first-order valence-electron chi connectivity index (χ1n) is 7.41. The third-order valence-corrected chi connectivity index (χ3v) is 5.79. The average molecular weight is 268 g/mol. The number of ether oxygens (including phenoxy) is 2. The van der Waals surface area contributed by atoms with Crippen LogP contribution < -0.4 is 0 Å². The zero-order valence-corrected chi connectivity index (χ0v) is 12.1. The lowest BCUT2D eigenvalue weighted by Crippen LogP contribution is -2.42. The molecule has 7 unspecified atom stereocenters. The molecule has 0 radical (unpaired) electrons. The summed E-state index contributed by atoms with van der Waals surface area (Å²) in [7, 11) is 0. The molecule has 2 saturated carbocycles. The van der Waals surface area contributed by atoms with Crippen LogP contribution in [-0.2, 0) is 14.3 Å². The second kappa shape index (κ2) is 4.19. The number of carbonyl (C=O) groups is 1. The number of rotatable bonds is 3. The van der Waals surface area contributed by atoms with E-state index in [1.807, 2.05) is 20.8 Å². The van der Waals surface area contributed by atoms with Crippen molar-refractivity contribution in [3.63, 3.8) is 0 Å². The number of carbonyl (C=O) groups excluding carboxylic acids is 1. The van der Waals surface area contributed by atoms with Gasteiger partial charge in [-0.15, -0.1) is 0 Å². The van der Waals surface area contributed by atoms with Crippen LogP contribution in [0.25, 0.3) is 0 Å². The van der Waals surface area contributed by atoms with E-state index < -0.39 is 11.7 Å². The van der Waals surface area contributed by atoms with Gasteiger partial charge in [-0.3, -0.25) is 4.79 Å². The van der Waals surface area contributed by atoms with E-state index in [1.54, 1.807) is 0 Å². The molecule has 4 nitrogen and oxygen atoms in total. The van der Waals surface area contributed by atoms with Crippen LogP contribution in [0.3, 0.4) is 0 Å². The second-order valence-electron chi connectivity index (χ2n) is 7.10. The molecule has 0 spiro atoms. The Morgan fingerprint density at radius 1 is 1.42 bits per heavy atom. The van der Waals surface area contributed by atoms with Gasteiger partial charge < -0.3 is 14.6 Å². The van der Waals surface area contributed by atoms with E-state index in [2.05, 4.69) is 6.92 Å². The van der Waals surface area contributed by atoms with E-state index in [0.29, 0.717) is 17.8 Å². The number of hydrogen-bond acceptors (Lipinski definition) is 4. The molecule has 7 atom stereocenters. The highest BCUT2D eigenvalue weighted by atomic mass is 16.6. The van der Waals surface area contributed by atoms with Gasteiger partial charge in [0.15, 0.2) is 6.29 Å². The quantitative estimate of drug-likeness (QED) is 0.795. The maximum Gasteiger partial charge on any atom is 0.311 e. The average Bonchev–Trinajstić information content (AvgIpc) is 2.93. The van der Waals surface area contributed by atoms with Crippen molar-refractivity contribution >= 4 is 5.97 Å². The Bertz CT molecular complexity index is 388. The van der Waals surface area contributed by atoms with E-state index >= 15 is 0 Å². The summed E-state index contributed by atoms with van der Waals surface area (Å²) in [6.07, 6.45) is 0.874. The summed E-state index contributed by atoms with van der Waals surface area (Å²) in [6, 6.07) is 0. The van der Waals surface area contributed by atoms with Gasteiger partial charge in [-0.2, -0.15) is 0 Å². The van der Waals surface area contributed by atoms with Gasteiger partial charge in [0.1, 0.15) is 12.2 Å². The summed E-state index contributed by atoms with van der Waals surface area (Å²) in [5, 5.41) is 9.96. The lowest BCUT2D eigenvalue weighted by Gasteiger charge is -2.33. The van der Waals surface area contributed by atoms with Gasteiger partial charge in [-0.25, -0.2) is 0 Å². The van der Waals surface area contributed by atoms with Crippen molar-refractivity contribution in [2.75, 3.05) is 0 Å². The SMILES string of the molecule is CCC(C)(C)C(=O)OC1C2CC3C1OC(O)C3C2C. The number of fused-ring (bicyclic) bond motifs is 1. The minimum atomic E-state index is -0.669. The summed E-state index contributed by atoms with van der Waals surface area (Å²) in [5.74, 6) is 1.21. The molecule has 2 bridgehead atoms. The van der Waals surface area contributed by atoms with Crippen molar-refractivity contribution in [1.82, 2.24) is 0 Å². The van der Waals surface area contributed by atoms with Crippen molar-refractivity contribution in [3.05, 3.63) is 0 Å². The summed E-state index contributed by atoms with van der Waals surface area (Å²) < 4.78 is 11.4. The van der Waals surface area contributed by atoms with Crippen molar-refractivity contribution < 1.29 is 19.4 Å². The van der Waals surface area contributed by atoms with Gasteiger partial charge in [-0.1, -0.05) is 13.8 Å². The molecule has 4 heteroatoms. The fourth-order valence-electron chi connectivity index (χ4n) is 4.12. The first kappa shape index (κ1) is 13.4. The Labute approximate surface area is 114 Å². The molecule has 19 heavy (non-hydrogen) atoms. The number of hydrogen-bond donors (Lipinski definition) is 1. The topological polar surface area (TPSA) is 55.8 Å². The van der Waals surface area contributed by atoms with Gasteiger partial charge in [0, 0.05) is 11.8 Å². The number of aliphatic hydroxyl groups is 1. The van der Waals surface area contributed by atoms with Gasteiger partial charge in [0.05, 0.1) is 5.41 Å². The van der Waals surface area contributed by atoms with Crippen LogP contribution in [0.5, 0.6) is 0 Å². The predicted molar refractivity (Wildman–Crippen MR) is 69.1 cm³/mol. The molecular weight excluding hydrogens is 244 g/mol. The standard InChI is InChI=1S/C15H24O4/c1-5-15(3,4)14(17)19-11-8-6-9-10(7(8)2)13(16)18-12(9)11/h7-13,16H,5-6H2,1-4H3. The summed E-state index contributed by atoms with van der Waals surface area (Å²) in [4.78, 5) is 12.3.